The standard InChI is InChI=1S/C22H40/c1-3-5-6-8-20-11-15-22(16-12-20)18-17-21-13-9-19(7-4-2)10-14-21/h17-22H,3-16H2,1-2H3/b18-17+. The number of allylic oxidation sites excluding steroid dienone is 2. The summed E-state index contributed by atoms with van der Waals surface area (Å²) in [4.78, 5) is 0. The Labute approximate surface area is 140 Å². The second kappa shape index (κ2) is 10.5. The summed E-state index contributed by atoms with van der Waals surface area (Å²) in [5, 5.41) is 0. The highest BCUT2D eigenvalue weighted by Crippen LogP contribution is 2.35. The van der Waals surface area contributed by atoms with E-state index in [1.165, 1.54) is 89.9 Å². The molecule has 0 amide bonds. The van der Waals surface area contributed by atoms with Crippen molar-refractivity contribution in [3.8, 4) is 0 Å². The monoisotopic (exact) mass is 304 g/mol. The molecule has 0 heteroatoms. The highest BCUT2D eigenvalue weighted by molar-refractivity contribution is 4.96. The van der Waals surface area contributed by atoms with Gasteiger partial charge in [0.15, 0.2) is 0 Å². The van der Waals surface area contributed by atoms with Crippen LogP contribution in [-0.4, -0.2) is 0 Å². The molecule has 0 nitrogen and oxygen atoms in total. The first-order chi connectivity index (χ1) is 10.8. The fourth-order valence-electron chi connectivity index (χ4n) is 4.74. The van der Waals surface area contributed by atoms with Crippen LogP contribution in [0.3, 0.4) is 0 Å². The summed E-state index contributed by atoms with van der Waals surface area (Å²) in [5.74, 6) is 3.93. The van der Waals surface area contributed by atoms with Crippen molar-refractivity contribution in [1.29, 1.82) is 0 Å². The zero-order valence-electron chi connectivity index (χ0n) is 15.4. The molecule has 2 fully saturated rings. The van der Waals surface area contributed by atoms with Gasteiger partial charge in [0, 0.05) is 0 Å². The van der Waals surface area contributed by atoms with Crippen molar-refractivity contribution in [3.63, 3.8) is 0 Å². The molecule has 2 aliphatic rings. The second-order valence-corrected chi connectivity index (χ2v) is 8.23. The third-order valence-electron chi connectivity index (χ3n) is 6.35. The first kappa shape index (κ1) is 18.1. The normalized spacial score (nSPS) is 33.4. The second-order valence-electron chi connectivity index (χ2n) is 8.23. The van der Waals surface area contributed by atoms with Gasteiger partial charge in [0.25, 0.3) is 0 Å². The van der Waals surface area contributed by atoms with Gasteiger partial charge >= 0.3 is 0 Å². The van der Waals surface area contributed by atoms with Crippen molar-refractivity contribution in [3.05, 3.63) is 12.2 Å². The molecule has 0 aromatic rings. The van der Waals surface area contributed by atoms with Crippen molar-refractivity contribution in [2.75, 3.05) is 0 Å². The van der Waals surface area contributed by atoms with Gasteiger partial charge in [-0.1, -0.05) is 64.5 Å². The maximum atomic E-state index is 2.62. The smallest absolute Gasteiger partial charge is 0.0233 e. The van der Waals surface area contributed by atoms with Crippen molar-refractivity contribution in [2.24, 2.45) is 23.7 Å². The van der Waals surface area contributed by atoms with E-state index < -0.39 is 0 Å². The van der Waals surface area contributed by atoms with E-state index in [2.05, 4.69) is 26.0 Å². The Morgan fingerprint density at radius 3 is 1.55 bits per heavy atom. The molecular formula is C22H40. The Hall–Kier alpha value is -0.260. The van der Waals surface area contributed by atoms with Crippen LogP contribution in [0.25, 0.3) is 0 Å². The van der Waals surface area contributed by atoms with Gasteiger partial charge in [-0.3, -0.25) is 0 Å². The van der Waals surface area contributed by atoms with E-state index in [4.69, 9.17) is 0 Å². The molecule has 0 aromatic heterocycles. The van der Waals surface area contributed by atoms with Crippen LogP contribution in [0.1, 0.15) is 104 Å². The topological polar surface area (TPSA) is 0 Å². The molecule has 2 saturated carbocycles. The van der Waals surface area contributed by atoms with Gasteiger partial charge in [0.05, 0.1) is 0 Å². The van der Waals surface area contributed by atoms with Gasteiger partial charge in [-0.15, -0.1) is 0 Å². The van der Waals surface area contributed by atoms with E-state index in [1.807, 2.05) is 0 Å². The molecule has 0 atom stereocenters. The minimum absolute atomic E-state index is 0.912. The molecule has 0 bridgehead atoms. The van der Waals surface area contributed by atoms with E-state index in [1.54, 1.807) is 0 Å². The van der Waals surface area contributed by atoms with Crippen LogP contribution < -0.4 is 0 Å². The van der Waals surface area contributed by atoms with Crippen molar-refractivity contribution in [2.45, 2.75) is 104 Å². The quantitative estimate of drug-likeness (QED) is 0.321. The third kappa shape index (κ3) is 6.47. The molecule has 0 heterocycles. The van der Waals surface area contributed by atoms with Gasteiger partial charge < -0.3 is 0 Å². The third-order valence-corrected chi connectivity index (χ3v) is 6.35. The van der Waals surface area contributed by atoms with Gasteiger partial charge in [-0.05, 0) is 75.0 Å². The Balaban J connectivity index is 1.60. The minimum Gasteiger partial charge on any atom is -0.0851 e. The van der Waals surface area contributed by atoms with Gasteiger partial charge in [0.1, 0.15) is 0 Å². The summed E-state index contributed by atoms with van der Waals surface area (Å²) in [6.45, 7) is 4.65. The molecular weight excluding hydrogens is 264 g/mol. The zero-order chi connectivity index (χ0) is 15.6. The maximum Gasteiger partial charge on any atom is -0.0233 e. The summed E-state index contributed by atoms with van der Waals surface area (Å²) < 4.78 is 0. The van der Waals surface area contributed by atoms with Crippen LogP contribution in [0, 0.1) is 23.7 Å². The first-order valence-corrected chi connectivity index (χ1v) is 10.5. The molecule has 22 heavy (non-hydrogen) atoms. The van der Waals surface area contributed by atoms with E-state index in [0.717, 1.165) is 23.7 Å². The van der Waals surface area contributed by atoms with E-state index >= 15 is 0 Å². The molecule has 0 saturated heterocycles. The summed E-state index contributed by atoms with van der Waals surface area (Å²) in [7, 11) is 0. The molecule has 2 rings (SSSR count). The molecule has 0 aliphatic heterocycles. The summed E-state index contributed by atoms with van der Waals surface area (Å²) in [6, 6.07) is 0. The highest BCUT2D eigenvalue weighted by Gasteiger charge is 2.21. The average Bonchev–Trinajstić information content (AvgIpc) is 2.56. The van der Waals surface area contributed by atoms with Crippen LogP contribution >= 0.6 is 0 Å². The minimum atomic E-state index is 0.912. The molecule has 0 N–H and O–H groups in total. The van der Waals surface area contributed by atoms with Crippen LogP contribution in [0.5, 0.6) is 0 Å². The van der Waals surface area contributed by atoms with Crippen molar-refractivity contribution in [1.82, 2.24) is 0 Å². The summed E-state index contributed by atoms with van der Waals surface area (Å²) in [6.07, 6.45) is 25.7. The molecule has 2 aliphatic carbocycles. The zero-order valence-corrected chi connectivity index (χ0v) is 15.4. The maximum absolute atomic E-state index is 2.62. The van der Waals surface area contributed by atoms with Crippen LogP contribution in [0.2, 0.25) is 0 Å². The lowest BCUT2D eigenvalue weighted by Gasteiger charge is -2.29. The van der Waals surface area contributed by atoms with E-state index in [-0.39, 0.29) is 0 Å². The van der Waals surface area contributed by atoms with Crippen molar-refractivity contribution < 1.29 is 0 Å². The van der Waals surface area contributed by atoms with E-state index in [9.17, 15) is 0 Å². The number of unbranched alkanes of at least 4 members (excludes halogenated alkanes) is 2. The summed E-state index contributed by atoms with van der Waals surface area (Å²) in [5.41, 5.74) is 0. The first-order valence-electron chi connectivity index (χ1n) is 10.5. The number of rotatable bonds is 8. The average molecular weight is 305 g/mol. The lowest BCUT2D eigenvalue weighted by molar-refractivity contribution is 0.282. The Morgan fingerprint density at radius 2 is 1.09 bits per heavy atom. The predicted octanol–water partition coefficient (Wildman–Crippen LogP) is 7.54. The Bertz CT molecular complexity index is 287. The predicted molar refractivity (Wildman–Crippen MR) is 99.1 cm³/mol. The van der Waals surface area contributed by atoms with Crippen molar-refractivity contribution >= 4 is 0 Å². The Morgan fingerprint density at radius 1 is 0.591 bits per heavy atom. The van der Waals surface area contributed by atoms with Gasteiger partial charge in [-0.25, -0.2) is 0 Å². The lowest BCUT2D eigenvalue weighted by atomic mass is 9.77. The fraction of sp³-hybridized carbons (Fsp3) is 0.909. The molecule has 0 spiro atoms. The van der Waals surface area contributed by atoms with Gasteiger partial charge in [-0.2, -0.15) is 0 Å². The van der Waals surface area contributed by atoms with Crippen LogP contribution in [-0.2, 0) is 0 Å². The van der Waals surface area contributed by atoms with Crippen LogP contribution in [0.4, 0.5) is 0 Å². The number of hydrogen-bond acceptors (Lipinski definition) is 0. The van der Waals surface area contributed by atoms with Gasteiger partial charge in [0.2, 0.25) is 0 Å². The van der Waals surface area contributed by atoms with E-state index in [0.29, 0.717) is 0 Å². The Kier molecular flexibility index (Phi) is 8.63. The molecule has 0 aromatic carbocycles. The fourth-order valence-corrected chi connectivity index (χ4v) is 4.74. The largest absolute Gasteiger partial charge is 0.0851 e. The highest BCUT2D eigenvalue weighted by atomic mass is 14.3. The SMILES string of the molecule is CCCCCC1CCC(/C=C/C2CCC(CCC)CC2)CC1. The number of hydrogen-bond donors (Lipinski definition) is 0. The van der Waals surface area contributed by atoms with Crippen LogP contribution in [0.15, 0.2) is 12.2 Å². The summed E-state index contributed by atoms with van der Waals surface area (Å²) >= 11 is 0. The molecule has 0 unspecified atom stereocenters. The molecule has 128 valence electrons. The molecule has 0 radical (unpaired) electrons. The lowest BCUT2D eigenvalue weighted by Crippen LogP contribution is -2.15.